The monoisotopic (exact) mass is 400 g/mol. The Morgan fingerprint density at radius 1 is 0.889 bits per heavy atom. The molecule has 0 saturated carbocycles. The second-order valence-electron chi connectivity index (χ2n) is 5.71. The first-order valence-corrected chi connectivity index (χ1v) is 10.3. The van der Waals surface area contributed by atoms with Crippen molar-refractivity contribution in [3.05, 3.63) is 82.0 Å². The van der Waals surface area contributed by atoms with Crippen LogP contribution in [0.25, 0.3) is 0 Å². The van der Waals surface area contributed by atoms with Crippen LogP contribution in [0.2, 0.25) is 0 Å². The molecule has 0 aliphatic carbocycles. The predicted molar refractivity (Wildman–Crippen MR) is 105 cm³/mol. The largest absolute Gasteiger partial charge is 0.321 e. The standard InChI is InChI=1S/C19H16N2O4S2/c1-13-5-2-3-7-17(13)27(24,25)21-18(22)14-8-10-15(11-9-14)20-19(23)16-6-4-12-26-16/h2-12H,1H3,(H,20,23)(H,21,22). The first kappa shape index (κ1) is 18.8. The molecule has 3 rings (SSSR count). The van der Waals surface area contributed by atoms with Crippen LogP contribution in [0.3, 0.4) is 0 Å². The number of hydrogen-bond donors (Lipinski definition) is 2. The molecule has 0 unspecified atom stereocenters. The van der Waals surface area contributed by atoms with Gasteiger partial charge in [-0.05, 0) is 54.3 Å². The summed E-state index contributed by atoms with van der Waals surface area (Å²) < 4.78 is 26.8. The summed E-state index contributed by atoms with van der Waals surface area (Å²) in [6, 6.07) is 15.9. The average molecular weight is 400 g/mol. The molecule has 2 aromatic carbocycles. The SMILES string of the molecule is Cc1ccccc1S(=O)(=O)NC(=O)c1ccc(NC(=O)c2cccs2)cc1. The first-order chi connectivity index (χ1) is 12.9. The van der Waals surface area contributed by atoms with E-state index in [0.29, 0.717) is 16.1 Å². The van der Waals surface area contributed by atoms with Crippen molar-refractivity contribution >= 4 is 38.9 Å². The van der Waals surface area contributed by atoms with Crippen molar-refractivity contribution in [2.75, 3.05) is 5.32 Å². The highest BCUT2D eigenvalue weighted by molar-refractivity contribution is 7.90. The highest BCUT2D eigenvalue weighted by atomic mass is 32.2. The minimum atomic E-state index is -3.96. The Hall–Kier alpha value is -2.97. The van der Waals surface area contributed by atoms with Crippen molar-refractivity contribution < 1.29 is 18.0 Å². The zero-order valence-corrected chi connectivity index (χ0v) is 15.9. The Labute approximate surface area is 160 Å². The van der Waals surface area contributed by atoms with Gasteiger partial charge in [-0.2, -0.15) is 0 Å². The third-order valence-electron chi connectivity index (χ3n) is 3.76. The van der Waals surface area contributed by atoms with Crippen LogP contribution >= 0.6 is 11.3 Å². The summed E-state index contributed by atoms with van der Waals surface area (Å²) in [6.45, 7) is 1.66. The molecule has 2 amide bonds. The molecule has 0 atom stereocenters. The molecule has 138 valence electrons. The van der Waals surface area contributed by atoms with E-state index >= 15 is 0 Å². The van der Waals surface area contributed by atoms with Crippen LogP contribution in [0.5, 0.6) is 0 Å². The van der Waals surface area contributed by atoms with Gasteiger partial charge >= 0.3 is 0 Å². The van der Waals surface area contributed by atoms with Gasteiger partial charge < -0.3 is 5.32 Å². The molecule has 1 heterocycles. The maximum absolute atomic E-state index is 12.4. The number of carbonyl (C=O) groups excluding carboxylic acids is 2. The van der Waals surface area contributed by atoms with Gasteiger partial charge in [0.1, 0.15) is 0 Å². The fourth-order valence-corrected chi connectivity index (χ4v) is 4.24. The second-order valence-corrected chi connectivity index (χ2v) is 8.31. The molecular weight excluding hydrogens is 384 g/mol. The van der Waals surface area contributed by atoms with Gasteiger partial charge in [0.25, 0.3) is 21.8 Å². The van der Waals surface area contributed by atoms with E-state index in [-0.39, 0.29) is 16.4 Å². The molecule has 6 nitrogen and oxygen atoms in total. The lowest BCUT2D eigenvalue weighted by Gasteiger charge is -2.10. The normalized spacial score (nSPS) is 11.0. The van der Waals surface area contributed by atoms with Crippen LogP contribution in [-0.2, 0) is 10.0 Å². The second kappa shape index (κ2) is 7.73. The first-order valence-electron chi connectivity index (χ1n) is 7.94. The number of rotatable bonds is 5. The maximum Gasteiger partial charge on any atom is 0.265 e. The van der Waals surface area contributed by atoms with E-state index in [1.807, 2.05) is 0 Å². The molecule has 0 aliphatic rings. The number of sulfonamides is 1. The fourth-order valence-electron chi connectivity index (χ4n) is 2.40. The molecule has 0 aliphatic heterocycles. The van der Waals surface area contributed by atoms with Crippen LogP contribution in [0.1, 0.15) is 25.6 Å². The van der Waals surface area contributed by atoms with E-state index < -0.39 is 15.9 Å². The van der Waals surface area contributed by atoms with Crippen LogP contribution in [0, 0.1) is 6.92 Å². The summed E-state index contributed by atoms with van der Waals surface area (Å²) in [7, 11) is -3.96. The minimum Gasteiger partial charge on any atom is -0.321 e. The number of amides is 2. The lowest BCUT2D eigenvalue weighted by atomic mass is 10.2. The molecule has 2 N–H and O–H groups in total. The lowest BCUT2D eigenvalue weighted by Crippen LogP contribution is -2.31. The predicted octanol–water partition coefficient (Wildman–Crippen LogP) is 3.43. The topological polar surface area (TPSA) is 92.3 Å². The summed E-state index contributed by atoms with van der Waals surface area (Å²) in [6.07, 6.45) is 0. The quantitative estimate of drug-likeness (QED) is 0.686. The molecule has 0 bridgehead atoms. The van der Waals surface area contributed by atoms with Gasteiger partial charge in [-0.25, -0.2) is 13.1 Å². The number of benzene rings is 2. The van der Waals surface area contributed by atoms with Crippen molar-refractivity contribution in [1.29, 1.82) is 0 Å². The Morgan fingerprint density at radius 2 is 1.59 bits per heavy atom. The minimum absolute atomic E-state index is 0.0539. The summed E-state index contributed by atoms with van der Waals surface area (Å²) in [5.41, 5.74) is 1.22. The van der Waals surface area contributed by atoms with Crippen LogP contribution in [0.15, 0.2) is 70.9 Å². The van der Waals surface area contributed by atoms with Crippen molar-refractivity contribution in [2.24, 2.45) is 0 Å². The Bertz CT molecular complexity index is 1070. The Kier molecular flexibility index (Phi) is 5.38. The van der Waals surface area contributed by atoms with E-state index in [2.05, 4.69) is 10.0 Å². The van der Waals surface area contributed by atoms with Gasteiger partial charge in [0.2, 0.25) is 0 Å². The van der Waals surface area contributed by atoms with Crippen molar-refractivity contribution in [1.82, 2.24) is 4.72 Å². The highest BCUT2D eigenvalue weighted by Crippen LogP contribution is 2.16. The molecule has 0 saturated heterocycles. The third kappa shape index (κ3) is 4.42. The van der Waals surface area contributed by atoms with Crippen molar-refractivity contribution in [3.63, 3.8) is 0 Å². The molecule has 8 heteroatoms. The number of hydrogen-bond acceptors (Lipinski definition) is 5. The van der Waals surface area contributed by atoms with E-state index in [4.69, 9.17) is 0 Å². The van der Waals surface area contributed by atoms with Gasteiger partial charge in [0, 0.05) is 11.3 Å². The third-order valence-corrected chi connectivity index (χ3v) is 6.12. The molecule has 27 heavy (non-hydrogen) atoms. The fraction of sp³-hybridized carbons (Fsp3) is 0.0526. The Balaban J connectivity index is 1.71. The van der Waals surface area contributed by atoms with Gasteiger partial charge in [-0.3, -0.25) is 9.59 Å². The zero-order chi connectivity index (χ0) is 19.4. The van der Waals surface area contributed by atoms with E-state index in [1.165, 1.54) is 29.5 Å². The van der Waals surface area contributed by atoms with Gasteiger partial charge in [0.15, 0.2) is 0 Å². The van der Waals surface area contributed by atoms with E-state index in [1.54, 1.807) is 54.8 Å². The highest BCUT2D eigenvalue weighted by Gasteiger charge is 2.20. The van der Waals surface area contributed by atoms with Crippen LogP contribution < -0.4 is 10.0 Å². The van der Waals surface area contributed by atoms with Gasteiger partial charge in [0.05, 0.1) is 9.77 Å². The number of carbonyl (C=O) groups is 2. The molecule has 0 radical (unpaired) electrons. The molecule has 0 fully saturated rings. The van der Waals surface area contributed by atoms with Crippen LogP contribution in [0.4, 0.5) is 5.69 Å². The number of nitrogens with one attached hydrogen (secondary N) is 2. The molecule has 3 aromatic rings. The zero-order valence-electron chi connectivity index (χ0n) is 14.3. The maximum atomic E-state index is 12.4. The Morgan fingerprint density at radius 3 is 2.22 bits per heavy atom. The summed E-state index contributed by atoms with van der Waals surface area (Å²) >= 11 is 1.32. The van der Waals surface area contributed by atoms with E-state index in [9.17, 15) is 18.0 Å². The number of thiophene rings is 1. The van der Waals surface area contributed by atoms with Crippen LogP contribution in [-0.4, -0.2) is 20.2 Å². The smallest absolute Gasteiger partial charge is 0.265 e. The summed E-state index contributed by atoms with van der Waals surface area (Å²) in [4.78, 5) is 24.9. The summed E-state index contributed by atoms with van der Waals surface area (Å²) in [5, 5.41) is 4.52. The van der Waals surface area contributed by atoms with Gasteiger partial charge in [-0.15, -0.1) is 11.3 Å². The number of aryl methyl sites for hydroxylation is 1. The summed E-state index contributed by atoms with van der Waals surface area (Å²) in [5.74, 6) is -0.987. The van der Waals surface area contributed by atoms with E-state index in [0.717, 1.165) is 0 Å². The van der Waals surface area contributed by atoms with Gasteiger partial charge in [-0.1, -0.05) is 24.3 Å². The number of anilines is 1. The molecule has 1 aromatic heterocycles. The van der Waals surface area contributed by atoms with Crippen molar-refractivity contribution in [3.8, 4) is 0 Å². The van der Waals surface area contributed by atoms with Crippen molar-refractivity contribution in [2.45, 2.75) is 11.8 Å². The molecule has 0 spiro atoms. The average Bonchev–Trinajstić information content (AvgIpc) is 3.17. The molecular formula is C19H16N2O4S2. The lowest BCUT2D eigenvalue weighted by molar-refractivity contribution is 0.0980.